The van der Waals surface area contributed by atoms with Gasteiger partial charge in [-0.15, -0.1) is 11.3 Å². The molecule has 2 aromatic rings. The molecular formula is C15H17NO3S. The molecule has 1 heterocycles. The van der Waals surface area contributed by atoms with Crippen LogP contribution in [-0.4, -0.2) is 22.7 Å². The molecule has 0 amide bonds. The van der Waals surface area contributed by atoms with Crippen LogP contribution in [0.1, 0.15) is 23.5 Å². The lowest BCUT2D eigenvalue weighted by Gasteiger charge is -2.04. The molecule has 0 saturated carbocycles. The minimum Gasteiger partial charge on any atom is -0.494 e. The lowest BCUT2D eigenvalue weighted by Crippen LogP contribution is -2.01. The smallest absolute Gasteiger partial charge is 0.309 e. The number of aliphatic carboxylic acids is 1. The van der Waals surface area contributed by atoms with Crippen molar-refractivity contribution in [1.29, 1.82) is 0 Å². The number of carboxylic acids is 1. The van der Waals surface area contributed by atoms with Gasteiger partial charge < -0.3 is 9.84 Å². The Kier molecular flexibility index (Phi) is 5.55. The number of aryl methyl sites for hydroxylation is 1. The maximum Gasteiger partial charge on any atom is 0.309 e. The molecule has 0 spiro atoms. The standard InChI is InChI=1S/C15H17NO3S/c17-15(18)10-12-11-20-14(16-12)8-4-5-9-19-13-6-2-1-3-7-13/h1-3,6-7,11H,4-5,8-10H2,(H,17,18). The van der Waals surface area contributed by atoms with Crippen LogP contribution >= 0.6 is 11.3 Å². The monoisotopic (exact) mass is 291 g/mol. The Morgan fingerprint density at radius 3 is 2.80 bits per heavy atom. The van der Waals surface area contributed by atoms with Crippen LogP contribution in [0.15, 0.2) is 35.7 Å². The van der Waals surface area contributed by atoms with Gasteiger partial charge in [0, 0.05) is 5.38 Å². The van der Waals surface area contributed by atoms with Crippen molar-refractivity contribution >= 4 is 17.3 Å². The van der Waals surface area contributed by atoms with Crippen molar-refractivity contribution in [3.8, 4) is 5.75 Å². The molecule has 5 heteroatoms. The summed E-state index contributed by atoms with van der Waals surface area (Å²) in [5, 5.41) is 11.5. The molecule has 2 rings (SSSR count). The summed E-state index contributed by atoms with van der Waals surface area (Å²) >= 11 is 1.53. The first-order chi connectivity index (χ1) is 9.74. The second-order valence-corrected chi connectivity index (χ2v) is 5.36. The van der Waals surface area contributed by atoms with E-state index in [9.17, 15) is 4.79 Å². The van der Waals surface area contributed by atoms with Gasteiger partial charge in [-0.2, -0.15) is 0 Å². The maximum absolute atomic E-state index is 10.6. The summed E-state index contributed by atoms with van der Waals surface area (Å²) in [6.45, 7) is 0.692. The zero-order valence-corrected chi connectivity index (χ0v) is 11.9. The van der Waals surface area contributed by atoms with E-state index < -0.39 is 5.97 Å². The van der Waals surface area contributed by atoms with Crippen LogP contribution in [0.4, 0.5) is 0 Å². The van der Waals surface area contributed by atoms with E-state index in [-0.39, 0.29) is 6.42 Å². The van der Waals surface area contributed by atoms with Crippen molar-refractivity contribution in [2.75, 3.05) is 6.61 Å². The second-order valence-electron chi connectivity index (χ2n) is 4.42. The Morgan fingerprint density at radius 1 is 1.25 bits per heavy atom. The molecule has 0 aliphatic heterocycles. The summed E-state index contributed by atoms with van der Waals surface area (Å²) in [5.41, 5.74) is 0.651. The predicted molar refractivity (Wildman–Crippen MR) is 78.3 cm³/mol. The fraction of sp³-hybridized carbons (Fsp3) is 0.333. The minimum absolute atomic E-state index is 0.00756. The maximum atomic E-state index is 10.6. The summed E-state index contributed by atoms with van der Waals surface area (Å²) in [5.74, 6) is 0.0589. The Morgan fingerprint density at radius 2 is 2.05 bits per heavy atom. The SMILES string of the molecule is O=C(O)Cc1csc(CCCCOc2ccccc2)n1. The first-order valence-corrected chi connectivity index (χ1v) is 7.45. The number of hydrogen-bond donors (Lipinski definition) is 1. The number of thiazole rings is 1. The van der Waals surface area contributed by atoms with Crippen LogP contribution in [-0.2, 0) is 17.6 Å². The zero-order valence-electron chi connectivity index (χ0n) is 11.1. The van der Waals surface area contributed by atoms with Gasteiger partial charge in [0.1, 0.15) is 5.75 Å². The number of ether oxygens (including phenoxy) is 1. The number of hydrogen-bond acceptors (Lipinski definition) is 4. The highest BCUT2D eigenvalue weighted by molar-refractivity contribution is 7.09. The molecule has 106 valence electrons. The highest BCUT2D eigenvalue weighted by atomic mass is 32.1. The minimum atomic E-state index is -0.835. The number of nitrogens with zero attached hydrogens (tertiary/aromatic N) is 1. The van der Waals surface area contributed by atoms with Gasteiger partial charge in [-0.3, -0.25) is 4.79 Å². The van der Waals surface area contributed by atoms with Crippen LogP contribution < -0.4 is 4.74 Å². The van der Waals surface area contributed by atoms with Gasteiger partial charge >= 0.3 is 5.97 Å². The number of benzene rings is 1. The van der Waals surface area contributed by atoms with Gasteiger partial charge in [0.15, 0.2) is 0 Å². The molecule has 20 heavy (non-hydrogen) atoms. The topological polar surface area (TPSA) is 59.4 Å². The quantitative estimate of drug-likeness (QED) is 0.759. The zero-order chi connectivity index (χ0) is 14.2. The molecule has 1 N–H and O–H groups in total. The highest BCUT2D eigenvalue weighted by Crippen LogP contribution is 2.14. The van der Waals surface area contributed by atoms with Gasteiger partial charge in [0.2, 0.25) is 0 Å². The number of unbranched alkanes of at least 4 members (excludes halogenated alkanes) is 1. The highest BCUT2D eigenvalue weighted by Gasteiger charge is 2.05. The summed E-state index contributed by atoms with van der Waals surface area (Å²) in [6.07, 6.45) is 2.84. The molecule has 4 nitrogen and oxygen atoms in total. The molecule has 0 aliphatic rings. The van der Waals surface area contributed by atoms with E-state index in [0.717, 1.165) is 30.0 Å². The van der Waals surface area contributed by atoms with E-state index >= 15 is 0 Å². The number of carbonyl (C=O) groups is 1. The normalized spacial score (nSPS) is 10.4. The van der Waals surface area contributed by atoms with E-state index in [4.69, 9.17) is 9.84 Å². The van der Waals surface area contributed by atoms with Gasteiger partial charge in [-0.05, 0) is 31.4 Å². The average molecular weight is 291 g/mol. The van der Waals surface area contributed by atoms with E-state index in [2.05, 4.69) is 4.98 Å². The van der Waals surface area contributed by atoms with Gasteiger partial charge in [0.25, 0.3) is 0 Å². The van der Waals surface area contributed by atoms with Crippen LogP contribution in [0.3, 0.4) is 0 Å². The van der Waals surface area contributed by atoms with E-state index in [1.54, 1.807) is 0 Å². The van der Waals surface area contributed by atoms with Crippen LogP contribution in [0.25, 0.3) is 0 Å². The molecule has 1 aromatic heterocycles. The van der Waals surface area contributed by atoms with Crippen LogP contribution in [0.2, 0.25) is 0 Å². The first-order valence-electron chi connectivity index (χ1n) is 6.57. The molecule has 0 bridgehead atoms. The molecule has 0 fully saturated rings. The van der Waals surface area contributed by atoms with Crippen molar-refractivity contribution in [2.24, 2.45) is 0 Å². The predicted octanol–water partition coefficient (Wildman–Crippen LogP) is 3.17. The Balaban J connectivity index is 1.63. The molecule has 0 aliphatic carbocycles. The van der Waals surface area contributed by atoms with E-state index in [1.807, 2.05) is 35.7 Å². The number of rotatable bonds is 8. The average Bonchev–Trinajstić information content (AvgIpc) is 2.86. The van der Waals surface area contributed by atoms with Crippen LogP contribution in [0, 0.1) is 0 Å². The fourth-order valence-corrected chi connectivity index (χ4v) is 2.63. The molecular weight excluding hydrogens is 274 g/mol. The number of para-hydroxylation sites is 1. The summed E-state index contributed by atoms with van der Waals surface area (Å²) in [6, 6.07) is 9.76. The number of aromatic nitrogens is 1. The Hall–Kier alpha value is -1.88. The third-order valence-electron chi connectivity index (χ3n) is 2.73. The third-order valence-corrected chi connectivity index (χ3v) is 3.69. The lowest BCUT2D eigenvalue weighted by molar-refractivity contribution is -0.136. The van der Waals surface area contributed by atoms with Crippen molar-refractivity contribution in [2.45, 2.75) is 25.7 Å². The van der Waals surface area contributed by atoms with Crippen molar-refractivity contribution < 1.29 is 14.6 Å². The van der Waals surface area contributed by atoms with E-state index in [0.29, 0.717) is 12.3 Å². The summed E-state index contributed by atoms with van der Waals surface area (Å²) < 4.78 is 5.61. The number of carboxylic acid groups (broad SMARTS) is 1. The van der Waals surface area contributed by atoms with Crippen molar-refractivity contribution in [3.63, 3.8) is 0 Å². The van der Waals surface area contributed by atoms with Gasteiger partial charge in [0.05, 0.1) is 23.7 Å². The fourth-order valence-electron chi connectivity index (χ4n) is 1.78. The molecule has 0 atom stereocenters. The van der Waals surface area contributed by atoms with Crippen molar-refractivity contribution in [1.82, 2.24) is 4.98 Å². The van der Waals surface area contributed by atoms with E-state index in [1.165, 1.54) is 11.3 Å². The second kappa shape index (κ2) is 7.65. The van der Waals surface area contributed by atoms with Crippen molar-refractivity contribution in [3.05, 3.63) is 46.4 Å². The summed E-state index contributed by atoms with van der Waals surface area (Å²) in [4.78, 5) is 14.9. The molecule has 1 aromatic carbocycles. The summed E-state index contributed by atoms with van der Waals surface area (Å²) in [7, 11) is 0. The van der Waals surface area contributed by atoms with Gasteiger partial charge in [-0.25, -0.2) is 4.98 Å². The Bertz CT molecular complexity index is 539. The molecule has 0 saturated heterocycles. The largest absolute Gasteiger partial charge is 0.494 e. The lowest BCUT2D eigenvalue weighted by atomic mass is 10.2. The van der Waals surface area contributed by atoms with Crippen LogP contribution in [0.5, 0.6) is 5.75 Å². The first kappa shape index (κ1) is 14.5. The van der Waals surface area contributed by atoms with Gasteiger partial charge in [-0.1, -0.05) is 18.2 Å². The molecule has 0 radical (unpaired) electrons. The third kappa shape index (κ3) is 5.01. The Labute approximate surface area is 122 Å². The molecule has 0 unspecified atom stereocenters.